The maximum atomic E-state index is 5.47. The Labute approximate surface area is 151 Å². The van der Waals surface area contributed by atoms with Gasteiger partial charge in [-0.05, 0) is 50.1 Å². The van der Waals surface area contributed by atoms with Gasteiger partial charge in [0, 0.05) is 29.1 Å². The van der Waals surface area contributed by atoms with Crippen molar-refractivity contribution >= 4 is 11.0 Å². The second kappa shape index (κ2) is 6.33. The molecule has 0 saturated carbocycles. The molecule has 0 radical (unpaired) electrons. The van der Waals surface area contributed by atoms with E-state index in [-0.39, 0.29) is 6.04 Å². The highest BCUT2D eigenvalue weighted by Crippen LogP contribution is 2.26. The van der Waals surface area contributed by atoms with E-state index in [0.717, 1.165) is 27.9 Å². The first-order valence-corrected chi connectivity index (χ1v) is 8.68. The Hall–Kier alpha value is -3.09. The first-order valence-electron chi connectivity index (χ1n) is 8.68. The molecule has 0 aliphatic heterocycles. The smallest absolute Gasteiger partial charge is 0.258 e. The van der Waals surface area contributed by atoms with Crippen LogP contribution in [0.3, 0.4) is 0 Å². The summed E-state index contributed by atoms with van der Waals surface area (Å²) in [5, 5.41) is 12.6. The summed E-state index contributed by atoms with van der Waals surface area (Å²) in [6.07, 6.45) is 1.77. The SMILES string of the molecule is CC(C)c1cc(-c2nc(-c3ccc4c(c3)nnn4C(C)C)no2)ccn1. The standard InChI is InChI=1S/C19H20N6O/c1-11(2)15-10-14(7-8-20-15)19-21-18(23-26-19)13-5-6-17-16(9-13)22-24-25(17)12(3)4/h5-12H,1-4H3. The summed E-state index contributed by atoms with van der Waals surface area (Å²) >= 11 is 0. The highest BCUT2D eigenvalue weighted by molar-refractivity contribution is 5.80. The van der Waals surface area contributed by atoms with Gasteiger partial charge in [-0.2, -0.15) is 4.98 Å². The molecule has 1 aromatic carbocycles. The van der Waals surface area contributed by atoms with Gasteiger partial charge in [0.2, 0.25) is 5.82 Å². The van der Waals surface area contributed by atoms with Crippen LogP contribution >= 0.6 is 0 Å². The average Bonchev–Trinajstić information content (AvgIpc) is 3.28. The Kier molecular flexibility index (Phi) is 3.99. The summed E-state index contributed by atoms with van der Waals surface area (Å²) in [7, 11) is 0. The van der Waals surface area contributed by atoms with Crippen molar-refractivity contribution in [2.24, 2.45) is 0 Å². The Morgan fingerprint density at radius 1 is 1.00 bits per heavy atom. The van der Waals surface area contributed by atoms with Crippen LogP contribution in [0.25, 0.3) is 33.9 Å². The molecule has 0 aliphatic rings. The normalized spacial score (nSPS) is 11.8. The first kappa shape index (κ1) is 16.4. The fraction of sp³-hybridized carbons (Fsp3) is 0.316. The van der Waals surface area contributed by atoms with Crippen molar-refractivity contribution in [3.05, 3.63) is 42.2 Å². The fourth-order valence-electron chi connectivity index (χ4n) is 2.82. The molecule has 0 saturated heterocycles. The van der Waals surface area contributed by atoms with Crippen LogP contribution in [0.15, 0.2) is 41.1 Å². The molecule has 0 atom stereocenters. The summed E-state index contributed by atoms with van der Waals surface area (Å²) in [6.45, 7) is 8.36. The van der Waals surface area contributed by atoms with Crippen LogP contribution in [0.5, 0.6) is 0 Å². The number of fused-ring (bicyclic) bond motifs is 1. The molecule has 0 amide bonds. The molecule has 0 spiro atoms. The van der Waals surface area contributed by atoms with Crippen LogP contribution in [0.1, 0.15) is 45.3 Å². The van der Waals surface area contributed by atoms with Gasteiger partial charge in [-0.15, -0.1) is 5.10 Å². The molecule has 7 heteroatoms. The highest BCUT2D eigenvalue weighted by atomic mass is 16.5. The van der Waals surface area contributed by atoms with Crippen LogP contribution in [0, 0.1) is 0 Å². The minimum atomic E-state index is 0.254. The Morgan fingerprint density at radius 3 is 2.62 bits per heavy atom. The fourth-order valence-corrected chi connectivity index (χ4v) is 2.82. The second-order valence-corrected chi connectivity index (χ2v) is 6.88. The zero-order valence-electron chi connectivity index (χ0n) is 15.2. The van der Waals surface area contributed by atoms with E-state index in [1.165, 1.54) is 0 Å². The van der Waals surface area contributed by atoms with E-state index in [9.17, 15) is 0 Å². The minimum absolute atomic E-state index is 0.254. The molecule has 7 nitrogen and oxygen atoms in total. The lowest BCUT2D eigenvalue weighted by molar-refractivity contribution is 0.432. The summed E-state index contributed by atoms with van der Waals surface area (Å²) in [4.78, 5) is 8.91. The third-order valence-corrected chi connectivity index (χ3v) is 4.26. The van der Waals surface area contributed by atoms with Gasteiger partial charge in [0.15, 0.2) is 0 Å². The van der Waals surface area contributed by atoms with Gasteiger partial charge in [0.25, 0.3) is 5.89 Å². The first-order chi connectivity index (χ1) is 12.5. The van der Waals surface area contributed by atoms with E-state index in [1.807, 2.05) is 35.0 Å². The monoisotopic (exact) mass is 348 g/mol. The molecule has 0 unspecified atom stereocenters. The van der Waals surface area contributed by atoms with Crippen molar-refractivity contribution in [1.29, 1.82) is 0 Å². The van der Waals surface area contributed by atoms with Gasteiger partial charge < -0.3 is 4.52 Å². The second-order valence-electron chi connectivity index (χ2n) is 6.88. The molecular formula is C19H20N6O. The number of nitrogens with zero attached hydrogens (tertiary/aromatic N) is 6. The molecule has 0 bridgehead atoms. The molecule has 0 fully saturated rings. The summed E-state index contributed by atoms with van der Waals surface area (Å²) in [6, 6.07) is 10.0. The van der Waals surface area contributed by atoms with Gasteiger partial charge in [-0.3, -0.25) is 4.98 Å². The molecule has 3 aromatic heterocycles. The predicted octanol–water partition coefficient (Wildman–Crippen LogP) is 4.25. The molecular weight excluding hydrogens is 328 g/mol. The van der Waals surface area contributed by atoms with Crippen molar-refractivity contribution in [2.75, 3.05) is 0 Å². The number of benzene rings is 1. The molecule has 4 rings (SSSR count). The average molecular weight is 348 g/mol. The van der Waals surface area contributed by atoms with Crippen molar-refractivity contribution in [2.45, 2.75) is 39.7 Å². The Bertz CT molecular complexity index is 1060. The van der Waals surface area contributed by atoms with Gasteiger partial charge in [0.05, 0.1) is 5.52 Å². The molecule has 4 aromatic rings. The number of hydrogen-bond acceptors (Lipinski definition) is 6. The molecule has 3 heterocycles. The van der Waals surface area contributed by atoms with Gasteiger partial charge in [0.1, 0.15) is 5.52 Å². The van der Waals surface area contributed by atoms with E-state index in [0.29, 0.717) is 17.6 Å². The minimum Gasteiger partial charge on any atom is -0.334 e. The van der Waals surface area contributed by atoms with Crippen molar-refractivity contribution in [1.82, 2.24) is 30.1 Å². The van der Waals surface area contributed by atoms with Crippen LogP contribution in [0.4, 0.5) is 0 Å². The molecule has 26 heavy (non-hydrogen) atoms. The van der Waals surface area contributed by atoms with Crippen molar-refractivity contribution in [3.63, 3.8) is 0 Å². The Morgan fingerprint density at radius 2 is 1.85 bits per heavy atom. The van der Waals surface area contributed by atoms with Crippen molar-refractivity contribution < 1.29 is 4.52 Å². The maximum absolute atomic E-state index is 5.47. The van der Waals surface area contributed by atoms with Crippen LogP contribution in [-0.4, -0.2) is 30.1 Å². The summed E-state index contributed by atoms with van der Waals surface area (Å²) < 4.78 is 7.36. The molecule has 132 valence electrons. The highest BCUT2D eigenvalue weighted by Gasteiger charge is 2.14. The van der Waals surface area contributed by atoms with Gasteiger partial charge in [-0.1, -0.05) is 24.2 Å². The largest absolute Gasteiger partial charge is 0.334 e. The molecule has 0 aliphatic carbocycles. The van der Waals surface area contributed by atoms with Crippen LogP contribution < -0.4 is 0 Å². The number of hydrogen-bond donors (Lipinski definition) is 0. The quantitative estimate of drug-likeness (QED) is 0.548. The van der Waals surface area contributed by atoms with E-state index < -0.39 is 0 Å². The Balaban J connectivity index is 1.70. The lowest BCUT2D eigenvalue weighted by Gasteiger charge is -2.05. The zero-order chi connectivity index (χ0) is 18.3. The lowest BCUT2D eigenvalue weighted by atomic mass is 10.1. The third-order valence-electron chi connectivity index (χ3n) is 4.26. The number of aromatic nitrogens is 6. The lowest BCUT2D eigenvalue weighted by Crippen LogP contribution is -2.02. The summed E-state index contributed by atoms with van der Waals surface area (Å²) in [5.41, 5.74) is 4.52. The van der Waals surface area contributed by atoms with Crippen molar-refractivity contribution in [3.8, 4) is 22.8 Å². The van der Waals surface area contributed by atoms with E-state index in [2.05, 4.69) is 53.1 Å². The van der Waals surface area contributed by atoms with Gasteiger partial charge in [-0.25, -0.2) is 4.68 Å². The third kappa shape index (κ3) is 2.85. The predicted molar refractivity (Wildman–Crippen MR) is 98.5 cm³/mol. The van der Waals surface area contributed by atoms with Crippen LogP contribution in [-0.2, 0) is 0 Å². The van der Waals surface area contributed by atoms with E-state index in [1.54, 1.807) is 6.20 Å². The zero-order valence-corrected chi connectivity index (χ0v) is 15.2. The van der Waals surface area contributed by atoms with E-state index in [4.69, 9.17) is 4.52 Å². The van der Waals surface area contributed by atoms with Gasteiger partial charge >= 0.3 is 0 Å². The number of pyridine rings is 1. The molecule has 0 N–H and O–H groups in total. The van der Waals surface area contributed by atoms with E-state index >= 15 is 0 Å². The maximum Gasteiger partial charge on any atom is 0.258 e. The summed E-state index contributed by atoms with van der Waals surface area (Å²) in [5.74, 6) is 1.35. The van der Waals surface area contributed by atoms with Crippen LogP contribution in [0.2, 0.25) is 0 Å². The topological polar surface area (TPSA) is 82.5 Å². The number of rotatable bonds is 4.